The molecule has 0 bridgehead atoms. The molecule has 0 aliphatic carbocycles. The molecular weight excluding hydrogens is 144 g/mol. The number of hydrogen-bond acceptors (Lipinski definition) is 0. The molecule has 5 heavy (non-hydrogen) atoms. The molecule has 0 amide bonds. The van der Waals surface area contributed by atoms with Gasteiger partial charge in [0.2, 0.25) is 0 Å². The van der Waals surface area contributed by atoms with Crippen molar-refractivity contribution in [2.45, 2.75) is 7.43 Å². The van der Waals surface area contributed by atoms with Crippen molar-refractivity contribution in [3.05, 3.63) is 0 Å². The monoisotopic (exact) mass is 154 g/mol. The summed E-state index contributed by atoms with van der Waals surface area (Å²) in [4.78, 5) is 0. The fourth-order valence-corrected chi connectivity index (χ4v) is 0. The molecule has 0 radical (unpaired) electrons. The first-order chi connectivity index (χ1) is 0. The molecule has 0 aromatic heterocycles. The quantitative estimate of drug-likeness (QED) is 0.428. The Morgan fingerprint density at radius 3 is 0.600 bits per heavy atom. The van der Waals surface area contributed by atoms with Crippen molar-refractivity contribution in [3.63, 3.8) is 0 Å². The second kappa shape index (κ2) is 402. The van der Waals surface area contributed by atoms with Gasteiger partial charge in [-0.3, -0.25) is 14.1 Å². The summed E-state index contributed by atoms with van der Waals surface area (Å²) in [5.74, 6) is 0. The third-order valence-corrected chi connectivity index (χ3v) is 0. The summed E-state index contributed by atoms with van der Waals surface area (Å²) in [7, 11) is 0. The van der Waals surface area contributed by atoms with Crippen LogP contribution in [0.2, 0.25) is 0 Å². The van der Waals surface area contributed by atoms with Crippen LogP contribution in [0.5, 0.6) is 0 Å². The van der Waals surface area contributed by atoms with Crippen molar-refractivity contribution in [3.8, 4) is 0 Å². The van der Waals surface area contributed by atoms with Crippen molar-refractivity contribution in [1.29, 1.82) is 0 Å². The summed E-state index contributed by atoms with van der Waals surface area (Å²) in [6.07, 6.45) is 0. The van der Waals surface area contributed by atoms with E-state index >= 15 is 0 Å². The zero-order valence-electron chi connectivity index (χ0n) is 1.93. The normalized spacial score (nSPS) is 0. The maximum atomic E-state index is 0. The van der Waals surface area contributed by atoms with E-state index in [4.69, 9.17) is 0 Å². The van der Waals surface area contributed by atoms with Crippen LogP contribution in [0.25, 0.3) is 0 Å². The van der Waals surface area contributed by atoms with Crippen LogP contribution in [0.3, 0.4) is 0 Å². The predicted octanol–water partition coefficient (Wildman–Crippen LogP) is -0.0903. The molecule has 1 atom stereocenters. The molecule has 0 aromatic carbocycles. The fraction of sp³-hybridized carbons (Fsp3) is 1.00. The molecule has 0 nitrogen and oxygen atoms in total. The number of hydrogen-bond donors (Lipinski definition) is 0. The third-order valence-electron chi connectivity index (χ3n) is 0. The SMILES string of the molecule is C.F.F.F.[AsH3]. The molecule has 0 N–H and O–H groups in total. The topological polar surface area (TPSA) is 0 Å². The van der Waals surface area contributed by atoms with Crippen molar-refractivity contribution in [2.24, 2.45) is 0 Å². The predicted molar refractivity (Wildman–Crippen MR) is 24.2 cm³/mol. The van der Waals surface area contributed by atoms with Gasteiger partial charge in [0.05, 0.1) is 0 Å². The van der Waals surface area contributed by atoms with E-state index < -0.39 is 0 Å². The second-order valence-electron chi connectivity index (χ2n) is 0. The van der Waals surface area contributed by atoms with Crippen LogP contribution in [0.1, 0.15) is 7.43 Å². The molecule has 4 heteroatoms. The van der Waals surface area contributed by atoms with Crippen LogP contribution in [0, 0.1) is 0 Å². The van der Waals surface area contributed by atoms with E-state index in [0.717, 1.165) is 0 Å². The van der Waals surface area contributed by atoms with E-state index in [0.29, 0.717) is 0 Å². The number of rotatable bonds is 0. The Labute approximate surface area is 40.4 Å². The minimum absolute atomic E-state index is 0. The average molecular weight is 154 g/mol. The van der Waals surface area contributed by atoms with Gasteiger partial charge in [0.15, 0.2) is 0 Å². The van der Waals surface area contributed by atoms with E-state index in [1.54, 1.807) is 0 Å². The van der Waals surface area contributed by atoms with Gasteiger partial charge in [-0.25, -0.2) is 0 Å². The Morgan fingerprint density at radius 1 is 0.600 bits per heavy atom. The van der Waals surface area contributed by atoms with Crippen molar-refractivity contribution in [1.82, 2.24) is 0 Å². The van der Waals surface area contributed by atoms with E-state index in [2.05, 4.69) is 0 Å². The number of halogens is 3. The molecular formula is CH10AsF3. The molecule has 0 aromatic rings. The summed E-state index contributed by atoms with van der Waals surface area (Å²) in [6, 6.07) is 0. The first-order valence-corrected chi connectivity index (χ1v) is 0. The van der Waals surface area contributed by atoms with Gasteiger partial charge in [-0.15, -0.1) is 0 Å². The van der Waals surface area contributed by atoms with Crippen LogP contribution in [-0.2, 0) is 0 Å². The van der Waals surface area contributed by atoms with E-state index in [9.17, 15) is 0 Å². The summed E-state index contributed by atoms with van der Waals surface area (Å²) in [5, 5.41) is 0. The zero-order valence-corrected chi connectivity index (χ0v) is 4.90. The maximum absolute atomic E-state index is 0. The van der Waals surface area contributed by atoms with Gasteiger partial charge in [0, 0.05) is 0 Å². The first kappa shape index (κ1) is 833. The molecule has 0 spiro atoms. The van der Waals surface area contributed by atoms with Crippen molar-refractivity contribution < 1.29 is 14.1 Å². The van der Waals surface area contributed by atoms with Gasteiger partial charge < -0.3 is 0 Å². The molecule has 0 heterocycles. The van der Waals surface area contributed by atoms with Crippen LogP contribution in [0.4, 0.5) is 14.1 Å². The molecule has 1 unspecified atom stereocenters. The molecule has 0 aliphatic rings. The van der Waals surface area contributed by atoms with Gasteiger partial charge in [0.25, 0.3) is 0 Å². The molecule has 0 aliphatic heterocycles. The Balaban J connectivity index is 0. The summed E-state index contributed by atoms with van der Waals surface area (Å²) < 4.78 is 0. The zero-order chi connectivity index (χ0) is 0. The minimum atomic E-state index is 0. The Kier molecular flexibility index (Phi) is 66900. The van der Waals surface area contributed by atoms with Crippen LogP contribution in [0.15, 0.2) is 0 Å². The molecule has 0 fully saturated rings. The average Bonchev–Trinajstić information content (AvgIpc) is 0. The first-order valence-electron chi connectivity index (χ1n) is 0. The summed E-state index contributed by atoms with van der Waals surface area (Å²) in [6.45, 7) is 0. The van der Waals surface area contributed by atoms with Crippen LogP contribution < -0.4 is 0 Å². The van der Waals surface area contributed by atoms with Gasteiger partial charge in [0.1, 0.15) is 0 Å². The summed E-state index contributed by atoms with van der Waals surface area (Å²) >= 11 is 0. The van der Waals surface area contributed by atoms with Gasteiger partial charge in [-0.2, -0.15) is 0 Å². The second-order valence-corrected chi connectivity index (χ2v) is 0. The van der Waals surface area contributed by atoms with Crippen LogP contribution >= 0.6 is 0 Å². The van der Waals surface area contributed by atoms with Gasteiger partial charge in [-0.1, -0.05) is 7.43 Å². The summed E-state index contributed by atoms with van der Waals surface area (Å²) in [5.41, 5.74) is 0. The van der Waals surface area contributed by atoms with Crippen molar-refractivity contribution >= 4 is 18.0 Å². The molecule has 0 rings (SSSR count). The van der Waals surface area contributed by atoms with Crippen LogP contribution in [-0.4, -0.2) is 18.0 Å². The van der Waals surface area contributed by atoms with E-state index in [-0.39, 0.29) is 39.5 Å². The molecule has 0 saturated carbocycles. The third kappa shape index (κ3) is 198. The van der Waals surface area contributed by atoms with Crippen molar-refractivity contribution in [2.75, 3.05) is 0 Å². The van der Waals surface area contributed by atoms with E-state index in [1.165, 1.54) is 0 Å². The fourth-order valence-electron chi connectivity index (χ4n) is 0. The van der Waals surface area contributed by atoms with E-state index in [1.807, 2.05) is 0 Å². The standard InChI is InChI=1S/CH4.AsH3.3FH/h1H4;1H3;3*1H. The Hall–Kier alpha value is 0.348. The molecule has 40 valence electrons. The molecule has 0 saturated heterocycles. The van der Waals surface area contributed by atoms with Gasteiger partial charge in [-0.05, 0) is 0 Å². The Morgan fingerprint density at radius 2 is 0.600 bits per heavy atom. The van der Waals surface area contributed by atoms with Gasteiger partial charge >= 0.3 is 18.0 Å². The Bertz CT molecular complexity index is 6.85.